The number of nitrogens with one attached hydrogen (secondary N) is 1. The van der Waals surface area contributed by atoms with Crippen LogP contribution in [0.2, 0.25) is 0 Å². The number of hydrogen-bond donors (Lipinski definition) is 1. The second-order valence-corrected chi connectivity index (χ2v) is 8.44. The summed E-state index contributed by atoms with van der Waals surface area (Å²) in [6.45, 7) is 4.66. The lowest BCUT2D eigenvalue weighted by Gasteiger charge is -2.31. The lowest BCUT2D eigenvalue weighted by Crippen LogP contribution is -2.39. The molecule has 1 fully saturated rings. The van der Waals surface area contributed by atoms with Gasteiger partial charge in [-0.2, -0.15) is 0 Å². The van der Waals surface area contributed by atoms with Crippen molar-refractivity contribution in [2.24, 2.45) is 0 Å². The van der Waals surface area contributed by atoms with Gasteiger partial charge in [-0.25, -0.2) is 4.98 Å². The van der Waals surface area contributed by atoms with Gasteiger partial charge in [0.1, 0.15) is 5.52 Å². The van der Waals surface area contributed by atoms with Crippen LogP contribution in [0.3, 0.4) is 0 Å². The van der Waals surface area contributed by atoms with Crippen molar-refractivity contribution in [2.75, 3.05) is 12.8 Å². The van der Waals surface area contributed by atoms with Crippen molar-refractivity contribution in [2.45, 2.75) is 76.5 Å². The predicted octanol–water partition coefficient (Wildman–Crippen LogP) is 3.72. The number of aryl methyl sites for hydroxylation is 1. The van der Waals surface area contributed by atoms with Gasteiger partial charge in [-0.05, 0) is 32.3 Å². The summed E-state index contributed by atoms with van der Waals surface area (Å²) in [5.41, 5.74) is 2.11. The molecular formula is C20H30N4O2S. The summed E-state index contributed by atoms with van der Waals surface area (Å²) in [5.74, 6) is 0.439. The Morgan fingerprint density at radius 1 is 1.37 bits per heavy atom. The number of thioether (sulfide) groups is 1. The third kappa shape index (κ3) is 4.57. The largest absolute Gasteiger partial charge is 0.353 e. The van der Waals surface area contributed by atoms with Gasteiger partial charge in [-0.3, -0.25) is 14.2 Å². The lowest BCUT2D eigenvalue weighted by atomic mass is 9.94. The molecule has 27 heavy (non-hydrogen) atoms. The standard InChI is InChI=1S/C20H30N4O2S/c1-4-5-11-24-19(26)18-16(12-14(2)21-18)22-20(24)27-13-17(25)23(3)15-9-7-6-8-10-15/h12,15,21H,4-11,13H2,1-3H3. The zero-order chi connectivity index (χ0) is 19.4. The second kappa shape index (κ2) is 8.95. The van der Waals surface area contributed by atoms with E-state index in [-0.39, 0.29) is 11.5 Å². The van der Waals surface area contributed by atoms with Gasteiger partial charge in [-0.15, -0.1) is 0 Å². The minimum absolute atomic E-state index is 0.0443. The molecule has 1 saturated carbocycles. The molecule has 0 unspecified atom stereocenters. The molecule has 2 aromatic heterocycles. The maximum Gasteiger partial charge on any atom is 0.278 e. The summed E-state index contributed by atoms with van der Waals surface area (Å²) >= 11 is 1.38. The fourth-order valence-corrected chi connectivity index (χ4v) is 4.68. The molecule has 0 aromatic carbocycles. The monoisotopic (exact) mass is 390 g/mol. The molecule has 0 radical (unpaired) electrons. The molecule has 148 valence electrons. The van der Waals surface area contributed by atoms with Gasteiger partial charge in [0.15, 0.2) is 5.16 Å². The number of unbranched alkanes of at least 4 members (excludes halogenated alkanes) is 1. The number of H-pyrrole nitrogens is 1. The smallest absolute Gasteiger partial charge is 0.278 e. The van der Waals surface area contributed by atoms with E-state index < -0.39 is 0 Å². The molecule has 6 nitrogen and oxygen atoms in total. The van der Waals surface area contributed by atoms with Crippen LogP contribution in [0, 0.1) is 6.92 Å². The van der Waals surface area contributed by atoms with Crippen LogP contribution in [0.4, 0.5) is 0 Å². The third-order valence-electron chi connectivity index (χ3n) is 5.41. The first kappa shape index (κ1) is 20.0. The molecule has 2 aromatic rings. The molecule has 0 aliphatic heterocycles. The Balaban J connectivity index is 1.78. The fraction of sp³-hybridized carbons (Fsp3) is 0.650. The Morgan fingerprint density at radius 3 is 2.81 bits per heavy atom. The van der Waals surface area contributed by atoms with Gasteiger partial charge in [0.05, 0.1) is 11.3 Å². The van der Waals surface area contributed by atoms with Gasteiger partial charge in [0.2, 0.25) is 5.91 Å². The molecule has 0 atom stereocenters. The van der Waals surface area contributed by atoms with E-state index in [1.165, 1.54) is 31.0 Å². The highest BCUT2D eigenvalue weighted by Crippen LogP contribution is 2.24. The number of rotatable bonds is 7. The summed E-state index contributed by atoms with van der Waals surface area (Å²) < 4.78 is 1.72. The van der Waals surface area contributed by atoms with Crippen molar-refractivity contribution in [1.82, 2.24) is 19.4 Å². The van der Waals surface area contributed by atoms with Crippen LogP contribution in [0.5, 0.6) is 0 Å². The number of fused-ring (bicyclic) bond motifs is 1. The van der Waals surface area contributed by atoms with Crippen LogP contribution in [0.25, 0.3) is 11.0 Å². The van der Waals surface area contributed by atoms with Crippen molar-refractivity contribution >= 4 is 28.7 Å². The molecule has 2 heterocycles. The van der Waals surface area contributed by atoms with Crippen LogP contribution in [-0.2, 0) is 11.3 Å². The molecule has 1 aliphatic carbocycles. The van der Waals surface area contributed by atoms with Crippen molar-refractivity contribution in [1.29, 1.82) is 0 Å². The topological polar surface area (TPSA) is 71.0 Å². The zero-order valence-corrected chi connectivity index (χ0v) is 17.4. The van der Waals surface area contributed by atoms with Gasteiger partial charge >= 0.3 is 0 Å². The second-order valence-electron chi connectivity index (χ2n) is 7.50. The van der Waals surface area contributed by atoms with Crippen LogP contribution in [-0.4, -0.2) is 44.2 Å². The fourth-order valence-electron chi connectivity index (χ4n) is 3.73. The van der Waals surface area contributed by atoms with E-state index in [1.807, 2.05) is 24.9 Å². The molecular weight excluding hydrogens is 360 g/mol. The molecule has 7 heteroatoms. The van der Waals surface area contributed by atoms with Gasteiger partial charge in [0.25, 0.3) is 5.56 Å². The maximum atomic E-state index is 12.9. The predicted molar refractivity (Wildman–Crippen MR) is 110 cm³/mol. The van der Waals surface area contributed by atoms with E-state index in [2.05, 4.69) is 16.9 Å². The molecule has 1 amide bonds. The lowest BCUT2D eigenvalue weighted by molar-refractivity contribution is -0.129. The SMILES string of the molecule is CCCCn1c(SCC(=O)N(C)C2CCCCC2)nc2cc(C)[nH]c2c1=O. The minimum atomic E-state index is -0.0443. The quantitative estimate of drug-likeness (QED) is 0.578. The summed E-state index contributed by atoms with van der Waals surface area (Å²) in [6.07, 6.45) is 7.80. The number of carbonyl (C=O) groups excluding carboxylic acids is 1. The molecule has 0 spiro atoms. The molecule has 0 bridgehead atoms. The van der Waals surface area contributed by atoms with Crippen molar-refractivity contribution in [3.63, 3.8) is 0 Å². The third-order valence-corrected chi connectivity index (χ3v) is 6.37. The first-order valence-corrected chi connectivity index (χ1v) is 11.0. The number of carbonyl (C=O) groups is 1. The summed E-state index contributed by atoms with van der Waals surface area (Å²) in [7, 11) is 1.91. The first-order chi connectivity index (χ1) is 13.0. The van der Waals surface area contributed by atoms with E-state index in [0.29, 0.717) is 34.5 Å². The molecule has 3 rings (SSSR count). The van der Waals surface area contributed by atoms with Crippen LogP contribution >= 0.6 is 11.8 Å². The Labute approximate surface area is 164 Å². The van der Waals surface area contributed by atoms with Crippen molar-refractivity contribution in [3.05, 3.63) is 22.1 Å². The van der Waals surface area contributed by atoms with Crippen LogP contribution in [0.15, 0.2) is 16.0 Å². The van der Waals surface area contributed by atoms with Gasteiger partial charge in [-0.1, -0.05) is 44.4 Å². The van der Waals surface area contributed by atoms with E-state index in [1.54, 1.807) is 4.57 Å². The number of aromatic nitrogens is 3. The first-order valence-electron chi connectivity index (χ1n) is 10.00. The summed E-state index contributed by atoms with van der Waals surface area (Å²) in [5, 5.41) is 0.644. The van der Waals surface area contributed by atoms with Gasteiger partial charge in [0, 0.05) is 25.3 Å². The number of aromatic amines is 1. The highest BCUT2D eigenvalue weighted by Gasteiger charge is 2.23. The van der Waals surface area contributed by atoms with Gasteiger partial charge < -0.3 is 9.88 Å². The number of nitrogens with zero attached hydrogens (tertiary/aromatic N) is 3. The number of hydrogen-bond acceptors (Lipinski definition) is 4. The van der Waals surface area contributed by atoms with E-state index in [4.69, 9.17) is 0 Å². The summed E-state index contributed by atoms with van der Waals surface area (Å²) in [6, 6.07) is 2.25. The Bertz CT molecular complexity index is 852. The Morgan fingerprint density at radius 2 is 2.11 bits per heavy atom. The Hall–Kier alpha value is -1.76. The zero-order valence-electron chi connectivity index (χ0n) is 16.6. The average Bonchev–Trinajstić information content (AvgIpc) is 3.06. The molecule has 1 aliphatic rings. The highest BCUT2D eigenvalue weighted by molar-refractivity contribution is 7.99. The molecule has 0 saturated heterocycles. The molecule has 1 N–H and O–H groups in total. The Kier molecular flexibility index (Phi) is 6.63. The van der Waals surface area contributed by atoms with E-state index in [0.717, 1.165) is 31.4 Å². The average molecular weight is 391 g/mol. The van der Waals surface area contributed by atoms with Crippen molar-refractivity contribution in [3.8, 4) is 0 Å². The normalized spacial score (nSPS) is 15.4. The minimum Gasteiger partial charge on any atom is -0.353 e. The maximum absolute atomic E-state index is 12.9. The van der Waals surface area contributed by atoms with Crippen LogP contribution < -0.4 is 5.56 Å². The summed E-state index contributed by atoms with van der Waals surface area (Å²) in [4.78, 5) is 35.3. The van der Waals surface area contributed by atoms with Crippen molar-refractivity contribution < 1.29 is 4.79 Å². The van der Waals surface area contributed by atoms with Crippen LogP contribution in [0.1, 0.15) is 57.6 Å². The van der Waals surface area contributed by atoms with E-state index >= 15 is 0 Å². The van der Waals surface area contributed by atoms with E-state index in [9.17, 15) is 9.59 Å². The number of amides is 1. The highest BCUT2D eigenvalue weighted by atomic mass is 32.2.